The molecule has 10 heteroatoms. The van der Waals surface area contributed by atoms with Crippen LogP contribution in [0.4, 0.5) is 0 Å². The fourth-order valence-electron chi connectivity index (χ4n) is 3.67. The SMILES string of the molecule is Cc1noc(C)c1S(=O)(=O)N1CCC[C@H]1C(=O)OCC(=O)c1cc(C)n(C)c1C. The zero-order chi connectivity index (χ0) is 21.5. The molecule has 0 spiro atoms. The molecule has 0 radical (unpaired) electrons. The van der Waals surface area contributed by atoms with Crippen molar-refractivity contribution in [1.82, 2.24) is 14.0 Å². The summed E-state index contributed by atoms with van der Waals surface area (Å²) >= 11 is 0. The summed E-state index contributed by atoms with van der Waals surface area (Å²) in [6.45, 7) is 6.51. The van der Waals surface area contributed by atoms with Crippen LogP contribution in [0.3, 0.4) is 0 Å². The van der Waals surface area contributed by atoms with Crippen LogP contribution in [0, 0.1) is 27.7 Å². The number of carbonyl (C=O) groups excluding carboxylic acids is 2. The van der Waals surface area contributed by atoms with E-state index in [2.05, 4.69) is 5.16 Å². The summed E-state index contributed by atoms with van der Waals surface area (Å²) in [5.74, 6) is -0.874. The third-order valence-electron chi connectivity index (χ3n) is 5.43. The fourth-order valence-corrected chi connectivity index (χ4v) is 5.61. The molecule has 3 rings (SSSR count). The highest BCUT2D eigenvalue weighted by Gasteiger charge is 2.42. The number of hydrogen-bond acceptors (Lipinski definition) is 7. The Hall–Kier alpha value is -2.46. The van der Waals surface area contributed by atoms with E-state index in [-0.39, 0.29) is 28.7 Å². The Morgan fingerprint density at radius 3 is 2.52 bits per heavy atom. The van der Waals surface area contributed by atoms with Gasteiger partial charge in [0.2, 0.25) is 15.8 Å². The maximum atomic E-state index is 13.0. The summed E-state index contributed by atoms with van der Waals surface area (Å²) in [7, 11) is -2.11. The minimum Gasteiger partial charge on any atom is -0.456 e. The normalized spacial score (nSPS) is 17.6. The molecule has 2 aromatic rings. The average Bonchev–Trinajstić information content (AvgIpc) is 3.35. The molecular formula is C19H25N3O6S. The van der Waals surface area contributed by atoms with Gasteiger partial charge in [-0.1, -0.05) is 5.16 Å². The molecular weight excluding hydrogens is 398 g/mol. The predicted octanol–water partition coefficient (Wildman–Crippen LogP) is 1.83. The lowest BCUT2D eigenvalue weighted by Gasteiger charge is -2.22. The van der Waals surface area contributed by atoms with Gasteiger partial charge in [0.05, 0.1) is 0 Å². The Morgan fingerprint density at radius 2 is 1.97 bits per heavy atom. The molecule has 2 aromatic heterocycles. The van der Waals surface area contributed by atoms with E-state index in [4.69, 9.17) is 9.26 Å². The van der Waals surface area contributed by atoms with Crippen LogP contribution in [0.5, 0.6) is 0 Å². The Morgan fingerprint density at radius 1 is 1.28 bits per heavy atom. The monoisotopic (exact) mass is 423 g/mol. The van der Waals surface area contributed by atoms with Gasteiger partial charge in [0.1, 0.15) is 16.6 Å². The van der Waals surface area contributed by atoms with Gasteiger partial charge in [0.15, 0.2) is 12.4 Å². The Balaban J connectivity index is 1.73. The van der Waals surface area contributed by atoms with Gasteiger partial charge >= 0.3 is 5.97 Å². The number of ketones is 1. The number of nitrogens with zero attached hydrogens (tertiary/aromatic N) is 3. The minimum absolute atomic E-state index is 0.0244. The predicted molar refractivity (Wildman–Crippen MR) is 103 cm³/mol. The van der Waals surface area contributed by atoms with Gasteiger partial charge < -0.3 is 13.8 Å². The zero-order valence-corrected chi connectivity index (χ0v) is 18.0. The number of carbonyl (C=O) groups is 2. The Kier molecular flexibility index (Phi) is 5.68. The maximum absolute atomic E-state index is 13.0. The number of hydrogen-bond donors (Lipinski definition) is 0. The van der Waals surface area contributed by atoms with Crippen molar-refractivity contribution in [2.45, 2.75) is 51.5 Å². The molecule has 29 heavy (non-hydrogen) atoms. The second-order valence-electron chi connectivity index (χ2n) is 7.30. The standard InChI is InChI=1S/C19H25N3O6S/c1-11-9-15(13(3)21(11)5)17(23)10-27-19(24)16-7-6-8-22(16)29(25,26)18-12(2)20-28-14(18)4/h9,16H,6-8,10H2,1-5H3/t16-/m0/s1. The highest BCUT2D eigenvalue weighted by molar-refractivity contribution is 7.89. The first kappa shape index (κ1) is 21.3. The van der Waals surface area contributed by atoms with Gasteiger partial charge in [-0.15, -0.1) is 0 Å². The number of sulfonamides is 1. The first-order valence-corrected chi connectivity index (χ1v) is 10.8. The smallest absolute Gasteiger partial charge is 0.324 e. The molecule has 1 aliphatic rings. The minimum atomic E-state index is -3.96. The van der Waals surface area contributed by atoms with Crippen molar-refractivity contribution in [1.29, 1.82) is 0 Å². The van der Waals surface area contributed by atoms with Crippen molar-refractivity contribution >= 4 is 21.8 Å². The first-order chi connectivity index (χ1) is 13.6. The van der Waals surface area contributed by atoms with Crippen LogP contribution in [0.15, 0.2) is 15.5 Å². The Bertz CT molecular complexity index is 1050. The van der Waals surface area contributed by atoms with E-state index in [1.165, 1.54) is 13.8 Å². The third kappa shape index (κ3) is 3.74. The van der Waals surface area contributed by atoms with Crippen molar-refractivity contribution in [3.8, 4) is 0 Å². The van der Waals surface area contributed by atoms with Gasteiger partial charge in [-0.25, -0.2) is 8.42 Å². The number of Topliss-reactive ketones (excluding diaryl/α,β-unsaturated/α-hetero) is 1. The lowest BCUT2D eigenvalue weighted by molar-refractivity contribution is -0.146. The van der Waals surface area contributed by atoms with Gasteiger partial charge in [0, 0.05) is 30.5 Å². The largest absolute Gasteiger partial charge is 0.456 e. The Labute approximate surface area is 169 Å². The molecule has 1 aliphatic heterocycles. The molecule has 0 bridgehead atoms. The highest BCUT2D eigenvalue weighted by Crippen LogP contribution is 2.30. The van der Waals surface area contributed by atoms with Crippen LogP contribution in [-0.2, 0) is 26.6 Å². The maximum Gasteiger partial charge on any atom is 0.324 e. The van der Waals surface area contributed by atoms with E-state index in [0.29, 0.717) is 18.4 Å². The molecule has 9 nitrogen and oxygen atoms in total. The van der Waals surface area contributed by atoms with Crippen LogP contribution in [0.1, 0.15) is 46.0 Å². The van der Waals surface area contributed by atoms with Gasteiger partial charge in [-0.3, -0.25) is 9.59 Å². The summed E-state index contributed by atoms with van der Waals surface area (Å²) in [5, 5.41) is 3.69. The second kappa shape index (κ2) is 7.75. The summed E-state index contributed by atoms with van der Waals surface area (Å²) in [6.07, 6.45) is 0.854. The molecule has 0 amide bonds. The van der Waals surface area contributed by atoms with E-state index in [0.717, 1.165) is 15.7 Å². The number of ether oxygens (including phenoxy) is 1. The fraction of sp³-hybridized carbons (Fsp3) is 0.526. The van der Waals surface area contributed by atoms with E-state index in [1.54, 1.807) is 6.07 Å². The van der Waals surface area contributed by atoms with E-state index in [1.807, 2.05) is 25.5 Å². The van der Waals surface area contributed by atoms with Crippen molar-refractivity contribution in [2.75, 3.05) is 13.2 Å². The van der Waals surface area contributed by atoms with Gasteiger partial charge in [-0.05, 0) is 46.6 Å². The molecule has 0 saturated carbocycles. The molecule has 1 saturated heterocycles. The number of aryl methyl sites for hydroxylation is 3. The third-order valence-corrected chi connectivity index (χ3v) is 7.58. The molecule has 0 aliphatic carbocycles. The lowest BCUT2D eigenvalue weighted by atomic mass is 10.1. The van der Waals surface area contributed by atoms with Gasteiger partial charge in [-0.2, -0.15) is 4.31 Å². The van der Waals surface area contributed by atoms with Crippen molar-refractivity contribution in [3.63, 3.8) is 0 Å². The second-order valence-corrected chi connectivity index (χ2v) is 9.13. The van der Waals surface area contributed by atoms with Crippen LogP contribution in [0.2, 0.25) is 0 Å². The zero-order valence-electron chi connectivity index (χ0n) is 17.2. The van der Waals surface area contributed by atoms with E-state index >= 15 is 0 Å². The molecule has 0 aromatic carbocycles. The summed E-state index contributed by atoms with van der Waals surface area (Å²) in [4.78, 5) is 25.0. The molecule has 0 N–H and O–H groups in total. The highest BCUT2D eigenvalue weighted by atomic mass is 32.2. The van der Waals surface area contributed by atoms with Crippen LogP contribution in [0.25, 0.3) is 0 Å². The van der Waals surface area contributed by atoms with E-state index in [9.17, 15) is 18.0 Å². The number of rotatable bonds is 6. The van der Waals surface area contributed by atoms with Crippen LogP contribution < -0.4 is 0 Å². The average molecular weight is 423 g/mol. The quantitative estimate of drug-likeness (QED) is 0.515. The first-order valence-electron chi connectivity index (χ1n) is 9.33. The number of aromatic nitrogens is 2. The molecule has 3 heterocycles. The van der Waals surface area contributed by atoms with Crippen LogP contribution in [-0.4, -0.2) is 53.4 Å². The van der Waals surface area contributed by atoms with E-state index < -0.39 is 28.6 Å². The summed E-state index contributed by atoms with van der Waals surface area (Å²) in [6, 6.07) is 0.773. The van der Waals surface area contributed by atoms with Crippen molar-refractivity contribution < 1.29 is 27.3 Å². The summed E-state index contributed by atoms with van der Waals surface area (Å²) < 4.78 is 39.3. The van der Waals surface area contributed by atoms with Crippen molar-refractivity contribution in [2.24, 2.45) is 7.05 Å². The number of esters is 1. The molecule has 0 unspecified atom stereocenters. The van der Waals surface area contributed by atoms with Crippen LogP contribution >= 0.6 is 0 Å². The summed E-state index contributed by atoms with van der Waals surface area (Å²) in [5.41, 5.74) is 2.44. The molecule has 1 fully saturated rings. The van der Waals surface area contributed by atoms with Gasteiger partial charge in [0.25, 0.3) is 0 Å². The van der Waals surface area contributed by atoms with Crippen molar-refractivity contribution in [3.05, 3.63) is 34.5 Å². The topological polar surface area (TPSA) is 112 Å². The molecule has 158 valence electrons. The lowest BCUT2D eigenvalue weighted by Crippen LogP contribution is -2.42. The molecule has 1 atom stereocenters.